The van der Waals surface area contributed by atoms with Crippen LogP contribution in [0.4, 0.5) is 5.69 Å². The molecule has 1 aromatic rings. The first-order valence-corrected chi connectivity index (χ1v) is 6.65. The van der Waals surface area contributed by atoms with Gasteiger partial charge in [-0.1, -0.05) is 0 Å². The molecule has 1 unspecified atom stereocenters. The van der Waals surface area contributed by atoms with E-state index in [9.17, 15) is 14.9 Å². The van der Waals surface area contributed by atoms with Crippen molar-refractivity contribution in [2.75, 3.05) is 13.1 Å². The van der Waals surface area contributed by atoms with Crippen molar-refractivity contribution < 1.29 is 14.5 Å². The number of benzene rings is 1. The zero-order valence-electron chi connectivity index (χ0n) is 11.5. The molecule has 1 saturated heterocycles. The number of fused-ring (bicyclic) bond motifs is 1. The van der Waals surface area contributed by atoms with Gasteiger partial charge in [0.25, 0.3) is 5.69 Å². The third-order valence-corrected chi connectivity index (χ3v) is 4.32. The van der Waals surface area contributed by atoms with Crippen LogP contribution in [0.3, 0.4) is 0 Å². The maximum Gasteiger partial charge on any atom is 0.273 e. The lowest BCUT2D eigenvalue weighted by atomic mass is 9.87. The lowest BCUT2D eigenvalue weighted by Crippen LogP contribution is -2.44. The van der Waals surface area contributed by atoms with E-state index < -0.39 is 10.5 Å². The first-order chi connectivity index (χ1) is 9.43. The van der Waals surface area contributed by atoms with E-state index in [-0.39, 0.29) is 17.9 Å². The van der Waals surface area contributed by atoms with E-state index in [1.54, 1.807) is 13.8 Å². The molecule has 1 spiro atoms. The average molecular weight is 276 g/mol. The molecular formula is C14H16N2O4. The molecule has 0 aromatic heterocycles. The summed E-state index contributed by atoms with van der Waals surface area (Å²) in [6, 6.07) is 1.36. The van der Waals surface area contributed by atoms with E-state index in [4.69, 9.17) is 4.74 Å². The molecule has 1 aromatic carbocycles. The van der Waals surface area contributed by atoms with E-state index in [0.29, 0.717) is 29.0 Å². The lowest BCUT2D eigenvalue weighted by Gasteiger charge is -2.35. The molecule has 2 aliphatic heterocycles. The lowest BCUT2D eigenvalue weighted by molar-refractivity contribution is -0.385. The highest BCUT2D eigenvalue weighted by Gasteiger charge is 2.44. The average Bonchev–Trinajstić information content (AvgIpc) is 2.82. The van der Waals surface area contributed by atoms with Crippen molar-refractivity contribution in [3.05, 3.63) is 32.9 Å². The third-order valence-electron chi connectivity index (χ3n) is 4.32. The summed E-state index contributed by atoms with van der Waals surface area (Å²) >= 11 is 0. The Morgan fingerprint density at radius 1 is 1.40 bits per heavy atom. The van der Waals surface area contributed by atoms with Crippen molar-refractivity contribution in [2.24, 2.45) is 0 Å². The zero-order chi connectivity index (χ0) is 14.5. The zero-order valence-corrected chi connectivity index (χ0v) is 11.5. The van der Waals surface area contributed by atoms with Gasteiger partial charge < -0.3 is 10.1 Å². The summed E-state index contributed by atoms with van der Waals surface area (Å²) in [6.07, 6.45) is 1.07. The van der Waals surface area contributed by atoms with Crippen LogP contribution < -0.4 is 10.1 Å². The first-order valence-electron chi connectivity index (χ1n) is 6.65. The van der Waals surface area contributed by atoms with Crippen LogP contribution in [0, 0.1) is 24.0 Å². The van der Waals surface area contributed by atoms with Crippen molar-refractivity contribution in [2.45, 2.75) is 32.3 Å². The highest BCUT2D eigenvalue weighted by molar-refractivity contribution is 6.01. The van der Waals surface area contributed by atoms with Crippen molar-refractivity contribution in [3.8, 4) is 5.75 Å². The molecule has 1 atom stereocenters. The summed E-state index contributed by atoms with van der Waals surface area (Å²) in [5.41, 5.74) is 1.10. The number of nitro groups is 1. The van der Waals surface area contributed by atoms with Crippen LogP contribution >= 0.6 is 0 Å². The number of carbonyl (C=O) groups excluding carboxylic acids is 1. The van der Waals surface area contributed by atoms with Crippen LogP contribution in [-0.2, 0) is 0 Å². The predicted molar refractivity (Wildman–Crippen MR) is 72.4 cm³/mol. The number of nitrogens with zero attached hydrogens (tertiary/aromatic N) is 1. The Morgan fingerprint density at radius 2 is 2.15 bits per heavy atom. The number of nitro benzene ring substituents is 1. The van der Waals surface area contributed by atoms with Gasteiger partial charge in [0, 0.05) is 30.2 Å². The fraction of sp³-hybridized carbons (Fsp3) is 0.500. The predicted octanol–water partition coefficient (Wildman–Crippen LogP) is 1.91. The summed E-state index contributed by atoms with van der Waals surface area (Å²) in [7, 11) is 0. The van der Waals surface area contributed by atoms with Crippen molar-refractivity contribution in [1.29, 1.82) is 0 Å². The third kappa shape index (κ3) is 1.79. The highest BCUT2D eigenvalue weighted by atomic mass is 16.6. The van der Waals surface area contributed by atoms with Gasteiger partial charge in [-0.15, -0.1) is 0 Å². The molecule has 1 N–H and O–H groups in total. The van der Waals surface area contributed by atoms with E-state index >= 15 is 0 Å². The van der Waals surface area contributed by atoms with E-state index in [2.05, 4.69) is 5.32 Å². The molecule has 6 heteroatoms. The molecule has 2 aliphatic rings. The number of ketones is 1. The summed E-state index contributed by atoms with van der Waals surface area (Å²) < 4.78 is 6.09. The largest absolute Gasteiger partial charge is 0.484 e. The maximum atomic E-state index is 12.4. The first kappa shape index (κ1) is 13.1. The monoisotopic (exact) mass is 276 g/mol. The Balaban J connectivity index is 2.15. The second-order valence-electron chi connectivity index (χ2n) is 5.59. The minimum Gasteiger partial charge on any atom is -0.484 e. The summed E-state index contributed by atoms with van der Waals surface area (Å²) in [4.78, 5) is 23.0. The standard InChI is InChI=1S/C14H16N2O4/c1-8-9(2)13-10(5-11(8)16(18)19)12(17)6-14(20-13)3-4-15-7-14/h5,15H,3-4,6-7H2,1-2H3. The summed E-state index contributed by atoms with van der Waals surface area (Å²) in [6.45, 7) is 4.94. The molecule has 6 nitrogen and oxygen atoms in total. The molecule has 2 heterocycles. The van der Waals surface area contributed by atoms with Crippen LogP contribution in [-0.4, -0.2) is 29.4 Å². The molecule has 3 rings (SSSR count). The van der Waals surface area contributed by atoms with Crippen molar-refractivity contribution >= 4 is 11.5 Å². The van der Waals surface area contributed by atoms with Gasteiger partial charge in [0.1, 0.15) is 11.4 Å². The van der Waals surface area contributed by atoms with Gasteiger partial charge in [0.05, 0.1) is 16.9 Å². The molecule has 0 amide bonds. The number of nitrogens with one attached hydrogen (secondary N) is 1. The van der Waals surface area contributed by atoms with Gasteiger partial charge in [-0.25, -0.2) is 0 Å². The Hall–Kier alpha value is -1.95. The van der Waals surface area contributed by atoms with E-state index in [1.807, 2.05) is 0 Å². The molecule has 0 bridgehead atoms. The van der Waals surface area contributed by atoms with Crippen LogP contribution in [0.15, 0.2) is 6.07 Å². The SMILES string of the molecule is Cc1c([N+](=O)[O-])cc2c(c1C)OC1(CCNC1)CC2=O. The number of hydrogen-bond donors (Lipinski definition) is 1. The van der Waals surface area contributed by atoms with Gasteiger partial charge in [0.15, 0.2) is 5.78 Å². The van der Waals surface area contributed by atoms with Crippen LogP contribution in [0.2, 0.25) is 0 Å². The van der Waals surface area contributed by atoms with Gasteiger partial charge in [-0.2, -0.15) is 0 Å². The summed E-state index contributed by atoms with van der Waals surface area (Å²) in [5, 5.41) is 14.3. The van der Waals surface area contributed by atoms with Gasteiger partial charge in [-0.3, -0.25) is 14.9 Å². The minimum absolute atomic E-state index is 0.0151. The molecule has 0 aliphatic carbocycles. The van der Waals surface area contributed by atoms with Gasteiger partial charge in [0.2, 0.25) is 0 Å². The minimum atomic E-state index is -0.475. The van der Waals surface area contributed by atoms with Crippen LogP contribution in [0.25, 0.3) is 0 Å². The maximum absolute atomic E-state index is 12.4. The normalized spacial score (nSPS) is 24.6. The molecule has 1 fully saturated rings. The number of ether oxygens (including phenoxy) is 1. The quantitative estimate of drug-likeness (QED) is 0.626. The van der Waals surface area contributed by atoms with Gasteiger partial charge in [-0.05, 0) is 20.4 Å². The molecule has 20 heavy (non-hydrogen) atoms. The summed E-state index contributed by atoms with van der Waals surface area (Å²) in [5.74, 6) is 0.453. The topological polar surface area (TPSA) is 81.5 Å². The van der Waals surface area contributed by atoms with E-state index in [1.165, 1.54) is 6.07 Å². The smallest absolute Gasteiger partial charge is 0.273 e. The fourth-order valence-corrected chi connectivity index (χ4v) is 3.00. The number of Topliss-reactive ketones (excluding diaryl/α,β-unsaturated/α-hetero) is 1. The van der Waals surface area contributed by atoms with E-state index in [0.717, 1.165) is 13.0 Å². The second-order valence-corrected chi connectivity index (χ2v) is 5.59. The highest BCUT2D eigenvalue weighted by Crippen LogP contribution is 2.42. The number of hydrogen-bond acceptors (Lipinski definition) is 5. The fourth-order valence-electron chi connectivity index (χ4n) is 3.00. The Bertz CT molecular complexity index is 618. The number of carbonyl (C=O) groups is 1. The molecule has 0 radical (unpaired) electrons. The Kier molecular flexibility index (Phi) is 2.79. The molecule has 0 saturated carbocycles. The molecular weight excluding hydrogens is 260 g/mol. The number of rotatable bonds is 1. The Labute approximate surface area is 116 Å². The van der Waals surface area contributed by atoms with Crippen LogP contribution in [0.1, 0.15) is 34.3 Å². The van der Waals surface area contributed by atoms with Crippen molar-refractivity contribution in [1.82, 2.24) is 5.32 Å². The van der Waals surface area contributed by atoms with Crippen LogP contribution in [0.5, 0.6) is 5.75 Å². The van der Waals surface area contributed by atoms with Crippen molar-refractivity contribution in [3.63, 3.8) is 0 Å². The van der Waals surface area contributed by atoms with Gasteiger partial charge >= 0.3 is 0 Å². The second kappa shape index (κ2) is 4.28. The Morgan fingerprint density at radius 3 is 2.75 bits per heavy atom. The molecule has 106 valence electrons.